The second-order valence-electron chi connectivity index (χ2n) is 8.03. The van der Waals surface area contributed by atoms with Crippen molar-refractivity contribution < 1.29 is 17.9 Å². The smallest absolute Gasteiger partial charge is 0.261 e. The number of amides is 1. The number of nitrogens with one attached hydrogen (secondary N) is 1. The lowest BCUT2D eigenvalue weighted by atomic mass is 10.2. The number of carbonyl (C=O) groups is 1. The fourth-order valence-corrected chi connectivity index (χ4v) is 4.79. The first-order valence-corrected chi connectivity index (χ1v) is 12.7. The summed E-state index contributed by atoms with van der Waals surface area (Å²) in [6.45, 7) is 0.530. The highest BCUT2D eigenvalue weighted by Crippen LogP contribution is 2.29. The van der Waals surface area contributed by atoms with Crippen molar-refractivity contribution in [3.63, 3.8) is 0 Å². The van der Waals surface area contributed by atoms with Gasteiger partial charge in [0, 0.05) is 18.7 Å². The Labute approximate surface area is 204 Å². The minimum absolute atomic E-state index is 0.0737. The molecule has 176 valence electrons. The molecule has 3 aromatic carbocycles. The zero-order chi connectivity index (χ0) is 24.1. The average Bonchev–Trinajstić information content (AvgIpc) is 3.68. The first-order chi connectivity index (χ1) is 16.4. The van der Waals surface area contributed by atoms with Crippen molar-refractivity contribution >= 4 is 39.3 Å². The molecule has 1 aliphatic carbocycles. The minimum Gasteiger partial charge on any atom is -0.497 e. The highest BCUT2D eigenvalue weighted by Gasteiger charge is 2.31. The molecule has 3 aromatic rings. The van der Waals surface area contributed by atoms with Crippen molar-refractivity contribution in [2.75, 3.05) is 11.8 Å². The number of anilines is 1. The molecule has 0 saturated heterocycles. The van der Waals surface area contributed by atoms with Crippen LogP contribution in [0.25, 0.3) is 6.08 Å². The van der Waals surface area contributed by atoms with Crippen LogP contribution < -0.4 is 9.46 Å². The molecule has 34 heavy (non-hydrogen) atoms. The molecule has 0 unspecified atom stereocenters. The first-order valence-electron chi connectivity index (χ1n) is 10.8. The van der Waals surface area contributed by atoms with E-state index in [2.05, 4.69) is 4.72 Å². The Morgan fingerprint density at radius 2 is 1.74 bits per heavy atom. The average molecular weight is 497 g/mol. The van der Waals surface area contributed by atoms with Crippen LogP contribution in [-0.4, -0.2) is 32.4 Å². The Balaban J connectivity index is 1.42. The summed E-state index contributed by atoms with van der Waals surface area (Å²) in [5.74, 6) is 0.705. The van der Waals surface area contributed by atoms with E-state index in [4.69, 9.17) is 16.3 Å². The summed E-state index contributed by atoms with van der Waals surface area (Å²) in [6.07, 6.45) is 5.23. The highest BCUT2D eigenvalue weighted by atomic mass is 35.5. The Hall–Kier alpha value is -3.29. The van der Waals surface area contributed by atoms with E-state index in [1.807, 2.05) is 29.2 Å². The van der Waals surface area contributed by atoms with Gasteiger partial charge in [-0.15, -0.1) is 0 Å². The van der Waals surface area contributed by atoms with Gasteiger partial charge < -0.3 is 9.64 Å². The number of para-hydroxylation sites is 1. The van der Waals surface area contributed by atoms with Gasteiger partial charge >= 0.3 is 0 Å². The van der Waals surface area contributed by atoms with Crippen LogP contribution in [0.15, 0.2) is 83.8 Å². The van der Waals surface area contributed by atoms with Gasteiger partial charge in [0.15, 0.2) is 0 Å². The van der Waals surface area contributed by atoms with E-state index in [0.717, 1.165) is 29.7 Å². The van der Waals surface area contributed by atoms with Crippen LogP contribution in [-0.2, 0) is 21.4 Å². The van der Waals surface area contributed by atoms with Gasteiger partial charge in [-0.1, -0.05) is 48.0 Å². The molecule has 1 amide bonds. The van der Waals surface area contributed by atoms with Crippen molar-refractivity contribution in [1.29, 1.82) is 0 Å². The van der Waals surface area contributed by atoms with Crippen LogP contribution in [0.3, 0.4) is 0 Å². The fraction of sp³-hybridized carbons (Fsp3) is 0.192. The topological polar surface area (TPSA) is 75.7 Å². The summed E-state index contributed by atoms with van der Waals surface area (Å²) < 4.78 is 33.0. The molecule has 1 aliphatic rings. The fourth-order valence-electron chi connectivity index (χ4n) is 3.47. The number of benzene rings is 3. The van der Waals surface area contributed by atoms with Crippen molar-refractivity contribution in [2.45, 2.75) is 30.3 Å². The van der Waals surface area contributed by atoms with Crippen LogP contribution in [0.1, 0.15) is 24.0 Å². The number of ether oxygens (including phenoxy) is 1. The lowest BCUT2D eigenvalue weighted by molar-refractivity contribution is -0.127. The summed E-state index contributed by atoms with van der Waals surface area (Å²) in [7, 11) is -2.16. The quantitative estimate of drug-likeness (QED) is 0.405. The highest BCUT2D eigenvalue weighted by molar-refractivity contribution is 7.92. The van der Waals surface area contributed by atoms with Gasteiger partial charge in [-0.3, -0.25) is 9.52 Å². The van der Waals surface area contributed by atoms with E-state index in [9.17, 15) is 13.2 Å². The maximum absolute atomic E-state index is 12.9. The monoisotopic (exact) mass is 496 g/mol. The van der Waals surface area contributed by atoms with E-state index in [-0.39, 0.29) is 16.8 Å². The van der Waals surface area contributed by atoms with Gasteiger partial charge in [0.2, 0.25) is 5.91 Å². The summed E-state index contributed by atoms with van der Waals surface area (Å²) in [5, 5.41) is 0.319. The van der Waals surface area contributed by atoms with Gasteiger partial charge in [0.1, 0.15) is 5.75 Å². The molecule has 0 radical (unpaired) electrons. The number of nitrogens with zero attached hydrogens (tertiary/aromatic N) is 1. The Morgan fingerprint density at radius 1 is 1.06 bits per heavy atom. The van der Waals surface area contributed by atoms with Crippen molar-refractivity contribution in [3.05, 3.63) is 95.0 Å². The van der Waals surface area contributed by atoms with E-state index in [1.165, 1.54) is 18.2 Å². The summed E-state index contributed by atoms with van der Waals surface area (Å²) in [6, 6.07) is 20.9. The molecule has 0 heterocycles. The van der Waals surface area contributed by atoms with E-state index < -0.39 is 10.0 Å². The zero-order valence-electron chi connectivity index (χ0n) is 18.6. The lowest BCUT2D eigenvalue weighted by Crippen LogP contribution is -2.31. The molecule has 6 nitrogen and oxygen atoms in total. The van der Waals surface area contributed by atoms with E-state index in [0.29, 0.717) is 17.3 Å². The standard InChI is InChI=1S/C26H25ClN2O4S/c1-33-22-13-6-20(7-14-22)18-29(21-11-12-21)26(30)17-10-19-8-15-23(16-9-19)34(31,32)28-25-5-3-2-4-24(25)27/h2-10,13-17,21,28H,11-12,18H2,1H3/b17-10+. The second kappa shape index (κ2) is 10.3. The maximum Gasteiger partial charge on any atom is 0.261 e. The molecular weight excluding hydrogens is 472 g/mol. The Kier molecular flexibility index (Phi) is 7.24. The second-order valence-corrected chi connectivity index (χ2v) is 10.1. The lowest BCUT2D eigenvalue weighted by Gasteiger charge is -2.21. The summed E-state index contributed by atoms with van der Waals surface area (Å²) in [5.41, 5.74) is 2.08. The number of carbonyl (C=O) groups excluding carboxylic acids is 1. The van der Waals surface area contributed by atoms with Crippen LogP contribution >= 0.6 is 11.6 Å². The SMILES string of the molecule is COc1ccc(CN(C(=O)/C=C/c2ccc(S(=O)(=O)Nc3ccccc3Cl)cc2)C2CC2)cc1. The molecule has 1 fully saturated rings. The van der Waals surface area contributed by atoms with Gasteiger partial charge in [-0.2, -0.15) is 0 Å². The molecule has 8 heteroatoms. The van der Waals surface area contributed by atoms with Gasteiger partial charge in [-0.25, -0.2) is 8.42 Å². The number of halogens is 1. The molecule has 0 aromatic heterocycles. The molecule has 0 atom stereocenters. The number of hydrogen-bond acceptors (Lipinski definition) is 4. The predicted octanol–water partition coefficient (Wildman–Crippen LogP) is 5.35. The normalized spacial score (nSPS) is 13.6. The van der Waals surface area contributed by atoms with Crippen LogP contribution in [0, 0.1) is 0 Å². The minimum atomic E-state index is -3.78. The van der Waals surface area contributed by atoms with Crippen molar-refractivity contribution in [1.82, 2.24) is 4.90 Å². The predicted molar refractivity (Wildman–Crippen MR) is 134 cm³/mol. The van der Waals surface area contributed by atoms with Gasteiger partial charge in [0.25, 0.3) is 10.0 Å². The molecule has 4 rings (SSSR count). The van der Waals surface area contributed by atoms with E-state index in [1.54, 1.807) is 49.6 Å². The summed E-state index contributed by atoms with van der Waals surface area (Å²) >= 11 is 6.05. The number of hydrogen-bond donors (Lipinski definition) is 1. The first kappa shape index (κ1) is 23.9. The third kappa shape index (κ3) is 5.98. The van der Waals surface area contributed by atoms with Crippen LogP contribution in [0.5, 0.6) is 5.75 Å². The molecule has 0 spiro atoms. The maximum atomic E-state index is 12.9. The molecule has 1 saturated carbocycles. The number of rotatable bonds is 9. The van der Waals surface area contributed by atoms with Gasteiger partial charge in [-0.05, 0) is 66.4 Å². The third-order valence-corrected chi connectivity index (χ3v) is 7.22. The van der Waals surface area contributed by atoms with Crippen LogP contribution in [0.4, 0.5) is 5.69 Å². The Morgan fingerprint density at radius 3 is 2.35 bits per heavy atom. The number of methoxy groups -OCH3 is 1. The van der Waals surface area contributed by atoms with Crippen LogP contribution in [0.2, 0.25) is 5.02 Å². The van der Waals surface area contributed by atoms with Crippen molar-refractivity contribution in [3.8, 4) is 5.75 Å². The Bertz CT molecular complexity index is 1290. The van der Waals surface area contributed by atoms with Gasteiger partial charge in [0.05, 0.1) is 22.7 Å². The van der Waals surface area contributed by atoms with Crippen molar-refractivity contribution in [2.24, 2.45) is 0 Å². The molecule has 1 N–H and O–H groups in total. The summed E-state index contributed by atoms with van der Waals surface area (Å²) in [4.78, 5) is 14.9. The largest absolute Gasteiger partial charge is 0.497 e. The number of sulfonamides is 1. The zero-order valence-corrected chi connectivity index (χ0v) is 20.2. The third-order valence-electron chi connectivity index (χ3n) is 5.51. The van der Waals surface area contributed by atoms with E-state index >= 15 is 0 Å². The molecule has 0 aliphatic heterocycles. The molecular formula is C26H25ClN2O4S. The molecule has 0 bridgehead atoms.